The number of benzene rings is 2. The molecule has 2 rings (SSSR count). The maximum absolute atomic E-state index is 12.2. The van der Waals surface area contributed by atoms with Gasteiger partial charge in [0.2, 0.25) is 0 Å². The Balaban J connectivity index is 1.96. The van der Waals surface area contributed by atoms with E-state index in [1.54, 1.807) is 30.3 Å². The third-order valence-electron chi connectivity index (χ3n) is 3.58. The van der Waals surface area contributed by atoms with Gasteiger partial charge in [-0.25, -0.2) is 4.79 Å². The minimum atomic E-state index is -1.35. The van der Waals surface area contributed by atoms with Crippen LogP contribution in [0.1, 0.15) is 23.7 Å². The van der Waals surface area contributed by atoms with Gasteiger partial charge in [0.05, 0.1) is 10.8 Å². The van der Waals surface area contributed by atoms with Crippen LogP contribution in [0.15, 0.2) is 59.5 Å². The van der Waals surface area contributed by atoms with Crippen molar-refractivity contribution in [2.24, 2.45) is 0 Å². The molecule has 0 radical (unpaired) electrons. The molecule has 8 heteroatoms. The summed E-state index contributed by atoms with van der Waals surface area (Å²) < 4.78 is 17.1. The number of carboxylic acid groups (broad SMARTS) is 1. The van der Waals surface area contributed by atoms with Gasteiger partial charge in [-0.2, -0.15) is 0 Å². The van der Waals surface area contributed by atoms with Crippen LogP contribution in [-0.4, -0.2) is 39.0 Å². The molecular weight excluding hydrogens is 370 g/mol. The summed E-state index contributed by atoms with van der Waals surface area (Å²) in [6.07, 6.45) is 0.0219. The molecule has 0 heterocycles. The van der Waals surface area contributed by atoms with Crippen LogP contribution in [0.5, 0.6) is 5.75 Å². The molecule has 2 aromatic rings. The lowest BCUT2D eigenvalue weighted by Crippen LogP contribution is -2.41. The van der Waals surface area contributed by atoms with E-state index in [0.717, 1.165) is 0 Å². The van der Waals surface area contributed by atoms with E-state index in [1.165, 1.54) is 31.2 Å². The number of hydrogen-bond donors (Lipinski definition) is 2. The third-order valence-corrected chi connectivity index (χ3v) is 4.98. The van der Waals surface area contributed by atoms with Crippen LogP contribution < -0.4 is 10.1 Å². The number of carboxylic acids is 1. The molecule has 0 spiro atoms. The number of esters is 1. The van der Waals surface area contributed by atoms with Crippen molar-refractivity contribution in [1.82, 2.24) is 5.32 Å². The molecule has 0 saturated heterocycles. The molecule has 2 aromatic carbocycles. The fourth-order valence-corrected chi connectivity index (χ4v) is 3.40. The minimum Gasteiger partial charge on any atom is -0.480 e. The first-order chi connectivity index (χ1) is 12.9. The molecule has 1 amide bonds. The van der Waals surface area contributed by atoms with Gasteiger partial charge in [-0.05, 0) is 42.8 Å². The van der Waals surface area contributed by atoms with Crippen molar-refractivity contribution in [2.75, 3.05) is 5.75 Å². The number of rotatable bonds is 8. The van der Waals surface area contributed by atoms with E-state index in [0.29, 0.717) is 4.90 Å². The van der Waals surface area contributed by atoms with Crippen LogP contribution >= 0.6 is 0 Å². The molecule has 0 unspecified atom stereocenters. The van der Waals surface area contributed by atoms with Crippen LogP contribution in [0, 0.1) is 0 Å². The molecule has 0 aliphatic heterocycles. The van der Waals surface area contributed by atoms with Gasteiger partial charge < -0.3 is 15.2 Å². The SMILES string of the molecule is CC(=O)Oc1ccc(C(=O)N[C@@H](CC[S@@](=O)c2ccccc2)C(=O)O)cc1. The van der Waals surface area contributed by atoms with Gasteiger partial charge in [0.15, 0.2) is 0 Å². The average Bonchev–Trinajstić information content (AvgIpc) is 2.65. The topological polar surface area (TPSA) is 110 Å². The number of aliphatic carboxylic acids is 1. The Labute approximate surface area is 158 Å². The molecule has 0 aromatic heterocycles. The molecule has 0 fully saturated rings. The summed E-state index contributed by atoms with van der Waals surface area (Å²) in [4.78, 5) is 35.2. The second-order valence-electron chi connectivity index (χ2n) is 5.63. The Morgan fingerprint density at radius 3 is 2.26 bits per heavy atom. The summed E-state index contributed by atoms with van der Waals surface area (Å²) in [5, 5.41) is 11.7. The Morgan fingerprint density at radius 1 is 1.07 bits per heavy atom. The first kappa shape index (κ1) is 20.3. The van der Waals surface area contributed by atoms with Gasteiger partial charge in [0.25, 0.3) is 5.91 Å². The summed E-state index contributed by atoms with van der Waals surface area (Å²) >= 11 is 0. The fraction of sp³-hybridized carbons (Fsp3) is 0.211. The van der Waals surface area contributed by atoms with Crippen molar-refractivity contribution in [3.63, 3.8) is 0 Å². The minimum absolute atomic E-state index is 0.0219. The van der Waals surface area contributed by atoms with Crippen molar-refractivity contribution in [3.05, 3.63) is 60.2 Å². The van der Waals surface area contributed by atoms with Crippen molar-refractivity contribution in [3.8, 4) is 5.75 Å². The van der Waals surface area contributed by atoms with Gasteiger partial charge >= 0.3 is 11.9 Å². The molecule has 142 valence electrons. The Kier molecular flexibility index (Phi) is 7.25. The summed E-state index contributed by atoms with van der Waals surface area (Å²) in [7, 11) is -1.35. The van der Waals surface area contributed by atoms with Gasteiger partial charge in [0.1, 0.15) is 11.8 Å². The number of carbonyl (C=O) groups is 3. The van der Waals surface area contributed by atoms with Crippen molar-refractivity contribution >= 4 is 28.6 Å². The van der Waals surface area contributed by atoms with Crippen LogP contribution in [0.4, 0.5) is 0 Å². The number of ether oxygens (including phenoxy) is 1. The molecule has 2 N–H and O–H groups in total. The molecule has 0 aliphatic carbocycles. The number of nitrogens with one attached hydrogen (secondary N) is 1. The smallest absolute Gasteiger partial charge is 0.326 e. The second-order valence-corrected chi connectivity index (χ2v) is 7.20. The Hall–Kier alpha value is -3.00. The molecule has 2 atom stereocenters. The van der Waals surface area contributed by atoms with Gasteiger partial charge in [0, 0.05) is 23.1 Å². The van der Waals surface area contributed by atoms with E-state index in [9.17, 15) is 23.7 Å². The molecule has 27 heavy (non-hydrogen) atoms. The fourth-order valence-electron chi connectivity index (χ4n) is 2.25. The predicted octanol–water partition coefficient (Wildman–Crippen LogP) is 1.99. The van der Waals surface area contributed by atoms with Crippen LogP contribution in [-0.2, 0) is 20.4 Å². The summed E-state index contributed by atoms with van der Waals surface area (Å²) in [5.41, 5.74) is 0.223. The lowest BCUT2D eigenvalue weighted by molar-refractivity contribution is -0.139. The first-order valence-electron chi connectivity index (χ1n) is 8.12. The zero-order valence-electron chi connectivity index (χ0n) is 14.6. The Morgan fingerprint density at radius 2 is 1.70 bits per heavy atom. The zero-order chi connectivity index (χ0) is 19.8. The normalized spacial score (nSPS) is 12.6. The van der Waals surface area contributed by atoms with E-state index < -0.39 is 34.7 Å². The summed E-state index contributed by atoms with van der Waals surface area (Å²) in [5.74, 6) is -1.88. The molecule has 0 aliphatic rings. The van der Waals surface area contributed by atoms with Crippen LogP contribution in [0.2, 0.25) is 0 Å². The van der Waals surface area contributed by atoms with E-state index >= 15 is 0 Å². The average molecular weight is 389 g/mol. The van der Waals surface area contributed by atoms with Crippen LogP contribution in [0.3, 0.4) is 0 Å². The predicted molar refractivity (Wildman–Crippen MR) is 99.0 cm³/mol. The highest BCUT2D eigenvalue weighted by atomic mass is 32.2. The monoisotopic (exact) mass is 389 g/mol. The maximum atomic E-state index is 12.2. The van der Waals surface area contributed by atoms with E-state index in [4.69, 9.17) is 4.74 Å². The van der Waals surface area contributed by atoms with Crippen molar-refractivity contribution < 1.29 is 28.4 Å². The number of carbonyl (C=O) groups excluding carboxylic acids is 2. The second kappa shape index (κ2) is 9.63. The highest BCUT2D eigenvalue weighted by molar-refractivity contribution is 7.85. The lowest BCUT2D eigenvalue weighted by atomic mass is 10.1. The van der Waals surface area contributed by atoms with Gasteiger partial charge in [-0.1, -0.05) is 18.2 Å². The highest BCUT2D eigenvalue weighted by Crippen LogP contribution is 2.13. The van der Waals surface area contributed by atoms with Crippen molar-refractivity contribution in [1.29, 1.82) is 0 Å². The molecule has 0 bridgehead atoms. The molecule has 0 saturated carbocycles. The third kappa shape index (κ3) is 6.34. The molecular formula is C19H19NO6S. The number of hydrogen-bond acceptors (Lipinski definition) is 5. The van der Waals surface area contributed by atoms with Crippen LogP contribution in [0.25, 0.3) is 0 Å². The maximum Gasteiger partial charge on any atom is 0.326 e. The van der Waals surface area contributed by atoms with E-state index in [-0.39, 0.29) is 23.5 Å². The lowest BCUT2D eigenvalue weighted by Gasteiger charge is -2.14. The van der Waals surface area contributed by atoms with E-state index in [2.05, 4.69) is 5.32 Å². The van der Waals surface area contributed by atoms with E-state index in [1.807, 2.05) is 0 Å². The largest absolute Gasteiger partial charge is 0.480 e. The zero-order valence-corrected chi connectivity index (χ0v) is 15.4. The number of amides is 1. The Bertz CT molecular complexity index is 835. The van der Waals surface area contributed by atoms with Crippen molar-refractivity contribution in [2.45, 2.75) is 24.3 Å². The highest BCUT2D eigenvalue weighted by Gasteiger charge is 2.21. The first-order valence-corrected chi connectivity index (χ1v) is 9.44. The van der Waals surface area contributed by atoms with Gasteiger partial charge in [-0.15, -0.1) is 0 Å². The molecule has 7 nitrogen and oxygen atoms in total. The standard InChI is InChI=1S/C19H19NO6S/c1-13(21)26-15-9-7-14(8-10-15)18(22)20-17(19(23)24)11-12-27(25)16-5-3-2-4-6-16/h2-10,17H,11-12H2,1H3,(H,20,22)(H,23,24)/t17-,27+/m0/s1. The quantitative estimate of drug-likeness (QED) is 0.528. The summed E-state index contributed by atoms with van der Waals surface area (Å²) in [6.45, 7) is 1.26. The summed E-state index contributed by atoms with van der Waals surface area (Å²) in [6, 6.07) is 13.3. The van der Waals surface area contributed by atoms with Gasteiger partial charge in [-0.3, -0.25) is 13.8 Å².